The van der Waals surface area contributed by atoms with E-state index in [2.05, 4.69) is 17.1 Å². The molecule has 0 aromatic rings. The average molecular weight is 284 g/mol. The second-order valence-corrected chi connectivity index (χ2v) is 8.17. The van der Waals surface area contributed by atoms with Crippen molar-refractivity contribution in [2.45, 2.75) is 49.8 Å². The van der Waals surface area contributed by atoms with Crippen LogP contribution in [0.5, 0.6) is 0 Å². The third-order valence-corrected chi connectivity index (χ3v) is 6.89. The molecule has 0 aromatic carbocycles. The lowest BCUT2D eigenvalue weighted by atomic mass is 10.0. The molecule has 0 bridgehead atoms. The van der Waals surface area contributed by atoms with Crippen molar-refractivity contribution in [1.82, 2.24) is 9.21 Å². The van der Waals surface area contributed by atoms with Crippen LogP contribution < -0.4 is 0 Å². The Labute approximate surface area is 116 Å². The fraction of sp³-hybridized carbons (Fsp3) is 0.857. The highest BCUT2D eigenvalue weighted by Crippen LogP contribution is 2.31. The predicted molar refractivity (Wildman–Crippen MR) is 76.5 cm³/mol. The third-order valence-electron chi connectivity index (χ3n) is 4.49. The molecule has 1 heterocycles. The molecule has 5 heteroatoms. The van der Waals surface area contributed by atoms with Crippen molar-refractivity contribution in [3.63, 3.8) is 0 Å². The molecule has 1 saturated heterocycles. The molecule has 0 amide bonds. The van der Waals surface area contributed by atoms with Crippen LogP contribution in [0.2, 0.25) is 0 Å². The number of hydrogen-bond acceptors (Lipinski definition) is 3. The first kappa shape index (κ1) is 13.6. The van der Waals surface area contributed by atoms with E-state index in [0.717, 1.165) is 32.4 Å². The van der Waals surface area contributed by atoms with E-state index in [0.29, 0.717) is 19.1 Å². The summed E-state index contributed by atoms with van der Waals surface area (Å²) in [6, 6.07) is 0.539. The van der Waals surface area contributed by atoms with Gasteiger partial charge in [-0.2, -0.15) is 0 Å². The largest absolute Gasteiger partial charge is 0.296 e. The lowest BCUT2D eigenvalue weighted by molar-refractivity contribution is 0.224. The molecule has 3 rings (SSSR count). The molecule has 4 nitrogen and oxygen atoms in total. The predicted octanol–water partition coefficient (Wildman–Crippen LogP) is 1.59. The van der Waals surface area contributed by atoms with Gasteiger partial charge in [-0.1, -0.05) is 12.2 Å². The van der Waals surface area contributed by atoms with E-state index in [1.807, 2.05) is 0 Å². The molecule has 0 radical (unpaired) electrons. The van der Waals surface area contributed by atoms with Gasteiger partial charge in [-0.15, -0.1) is 0 Å². The van der Waals surface area contributed by atoms with E-state index in [1.54, 1.807) is 4.31 Å². The third kappa shape index (κ3) is 3.03. The van der Waals surface area contributed by atoms with Gasteiger partial charge in [-0.3, -0.25) is 4.90 Å². The van der Waals surface area contributed by atoms with E-state index in [-0.39, 0.29) is 5.25 Å². The van der Waals surface area contributed by atoms with Crippen molar-refractivity contribution in [2.75, 3.05) is 26.2 Å². The Morgan fingerprint density at radius 2 is 1.79 bits per heavy atom. The molecular weight excluding hydrogens is 260 g/mol. The number of nitrogens with zero attached hydrogens (tertiary/aromatic N) is 2. The van der Waals surface area contributed by atoms with Crippen LogP contribution >= 0.6 is 0 Å². The zero-order valence-electron chi connectivity index (χ0n) is 11.5. The van der Waals surface area contributed by atoms with Crippen LogP contribution in [0.25, 0.3) is 0 Å². The van der Waals surface area contributed by atoms with Crippen molar-refractivity contribution in [3.8, 4) is 0 Å². The summed E-state index contributed by atoms with van der Waals surface area (Å²) in [5.41, 5.74) is 0. The van der Waals surface area contributed by atoms with Crippen LogP contribution in [0.1, 0.15) is 38.5 Å². The summed E-state index contributed by atoms with van der Waals surface area (Å²) < 4.78 is 26.3. The smallest absolute Gasteiger partial charge is 0.217 e. The molecule has 2 fully saturated rings. The quantitative estimate of drug-likeness (QED) is 0.739. The lowest BCUT2D eigenvalue weighted by Crippen LogP contribution is -2.40. The van der Waals surface area contributed by atoms with Gasteiger partial charge < -0.3 is 0 Å². The first-order valence-corrected chi connectivity index (χ1v) is 9.08. The van der Waals surface area contributed by atoms with E-state index < -0.39 is 10.0 Å². The van der Waals surface area contributed by atoms with Crippen LogP contribution in [0.4, 0.5) is 0 Å². The minimum absolute atomic E-state index is 0.0615. The molecule has 1 saturated carbocycles. The Bertz CT molecular complexity index is 442. The summed E-state index contributed by atoms with van der Waals surface area (Å²) in [7, 11) is -2.98. The Morgan fingerprint density at radius 3 is 2.47 bits per heavy atom. The summed E-state index contributed by atoms with van der Waals surface area (Å²) in [5, 5.41) is -0.0615. The van der Waals surface area contributed by atoms with Gasteiger partial charge in [0.25, 0.3) is 0 Å². The first-order valence-electron chi connectivity index (χ1n) is 7.57. The minimum Gasteiger partial charge on any atom is -0.296 e. The number of allylic oxidation sites excluding steroid dienone is 1. The van der Waals surface area contributed by atoms with Crippen LogP contribution in [0.3, 0.4) is 0 Å². The Morgan fingerprint density at radius 1 is 0.947 bits per heavy atom. The van der Waals surface area contributed by atoms with E-state index >= 15 is 0 Å². The molecule has 1 unspecified atom stereocenters. The molecule has 19 heavy (non-hydrogen) atoms. The van der Waals surface area contributed by atoms with Gasteiger partial charge >= 0.3 is 0 Å². The Hall–Kier alpha value is -0.390. The Kier molecular flexibility index (Phi) is 3.96. The molecular formula is C14H24N2O2S. The molecule has 1 aliphatic heterocycles. The summed E-state index contributed by atoms with van der Waals surface area (Å²) in [4.78, 5) is 2.47. The summed E-state index contributed by atoms with van der Waals surface area (Å²) in [5.74, 6) is 0. The second kappa shape index (κ2) is 5.54. The molecule has 3 aliphatic rings. The van der Waals surface area contributed by atoms with E-state index in [9.17, 15) is 8.42 Å². The molecule has 0 spiro atoms. The maximum atomic E-state index is 12.3. The highest BCUT2D eigenvalue weighted by molar-refractivity contribution is 7.90. The molecule has 2 aliphatic carbocycles. The maximum absolute atomic E-state index is 12.3. The summed E-state index contributed by atoms with van der Waals surface area (Å²) >= 11 is 0. The number of sulfonamides is 1. The van der Waals surface area contributed by atoms with E-state index in [1.165, 1.54) is 19.3 Å². The van der Waals surface area contributed by atoms with Gasteiger partial charge in [0.2, 0.25) is 10.0 Å². The average Bonchev–Trinajstić information content (AvgIpc) is 3.26. The van der Waals surface area contributed by atoms with Crippen LogP contribution in [0, 0.1) is 0 Å². The van der Waals surface area contributed by atoms with Crippen LogP contribution in [-0.2, 0) is 10.0 Å². The van der Waals surface area contributed by atoms with Crippen molar-refractivity contribution < 1.29 is 8.42 Å². The monoisotopic (exact) mass is 284 g/mol. The summed E-state index contributed by atoms with van der Waals surface area (Å²) in [6.45, 7) is 3.32. The van der Waals surface area contributed by atoms with Gasteiger partial charge in [0, 0.05) is 32.2 Å². The first-order chi connectivity index (χ1) is 9.18. The van der Waals surface area contributed by atoms with Crippen molar-refractivity contribution in [3.05, 3.63) is 12.2 Å². The van der Waals surface area contributed by atoms with Crippen LogP contribution in [-0.4, -0.2) is 55.1 Å². The van der Waals surface area contributed by atoms with Crippen molar-refractivity contribution >= 4 is 10.0 Å². The highest BCUT2D eigenvalue weighted by atomic mass is 32.2. The molecule has 0 N–H and O–H groups in total. The van der Waals surface area contributed by atoms with Gasteiger partial charge in [-0.05, 0) is 38.5 Å². The number of hydrogen-bond donors (Lipinski definition) is 0. The van der Waals surface area contributed by atoms with Crippen LogP contribution in [0.15, 0.2) is 12.2 Å². The van der Waals surface area contributed by atoms with Gasteiger partial charge in [0.1, 0.15) is 0 Å². The van der Waals surface area contributed by atoms with Gasteiger partial charge in [0.15, 0.2) is 0 Å². The normalized spacial score (nSPS) is 31.3. The van der Waals surface area contributed by atoms with E-state index in [4.69, 9.17) is 0 Å². The molecule has 1 atom stereocenters. The van der Waals surface area contributed by atoms with Gasteiger partial charge in [-0.25, -0.2) is 12.7 Å². The maximum Gasteiger partial charge on any atom is 0.217 e. The summed E-state index contributed by atoms with van der Waals surface area (Å²) in [6.07, 6.45) is 11.0. The van der Waals surface area contributed by atoms with Crippen molar-refractivity contribution in [1.29, 1.82) is 0 Å². The standard InChI is InChI=1S/C14H24N2O2S/c17-19(18,14-7-8-14)16-10-4-9-15(11-12-16)13-5-2-1-3-6-13/h2,5,13-14H,1,3-4,6-12H2. The topological polar surface area (TPSA) is 40.6 Å². The fourth-order valence-corrected chi connectivity index (χ4v) is 5.05. The molecule has 108 valence electrons. The Balaban J connectivity index is 1.62. The number of rotatable bonds is 3. The highest BCUT2D eigenvalue weighted by Gasteiger charge is 2.40. The van der Waals surface area contributed by atoms with Crippen molar-refractivity contribution in [2.24, 2.45) is 0 Å². The lowest BCUT2D eigenvalue weighted by Gasteiger charge is -2.30. The SMILES string of the molecule is O=S(=O)(C1CC1)N1CCCN(C2C=CCCC2)CC1. The zero-order valence-corrected chi connectivity index (χ0v) is 12.3. The zero-order chi connectivity index (χ0) is 13.3. The fourth-order valence-electron chi connectivity index (χ4n) is 3.18. The minimum atomic E-state index is -2.98. The second-order valence-electron chi connectivity index (χ2n) is 5.96. The molecule has 0 aromatic heterocycles. The van der Waals surface area contributed by atoms with Gasteiger partial charge in [0.05, 0.1) is 5.25 Å².